The number of hydrogen-bond donors (Lipinski definition) is 1. The summed E-state index contributed by atoms with van der Waals surface area (Å²) < 4.78 is 41.3. The fourth-order valence-electron chi connectivity index (χ4n) is 1.95. The minimum Gasteiger partial charge on any atom is -0.323 e. The monoisotopic (exact) mass is 365 g/mol. The van der Waals surface area contributed by atoms with Crippen LogP contribution in [-0.2, 0) is 4.79 Å². The van der Waals surface area contributed by atoms with Gasteiger partial charge in [-0.25, -0.2) is 13.2 Å². The van der Waals surface area contributed by atoms with Crippen molar-refractivity contribution in [2.75, 3.05) is 11.1 Å². The second-order valence-electron chi connectivity index (χ2n) is 4.79. The number of anilines is 1. The number of tetrazole rings is 1. The maximum Gasteiger partial charge on any atom is 0.234 e. The second-order valence-corrected chi connectivity index (χ2v) is 5.73. The topological polar surface area (TPSA) is 72.7 Å². The third-order valence-corrected chi connectivity index (χ3v) is 3.98. The Balaban J connectivity index is 1.67. The van der Waals surface area contributed by atoms with Gasteiger partial charge in [-0.15, -0.1) is 5.10 Å². The molecule has 0 aliphatic rings. The van der Waals surface area contributed by atoms with Crippen molar-refractivity contribution in [2.24, 2.45) is 0 Å². The Labute approximate surface area is 144 Å². The zero-order valence-electron chi connectivity index (χ0n) is 12.5. The molecule has 6 nitrogen and oxygen atoms in total. The van der Waals surface area contributed by atoms with E-state index in [0.717, 1.165) is 28.6 Å². The predicted octanol–water partition coefficient (Wildman–Crippen LogP) is 2.81. The molecule has 0 bridgehead atoms. The molecule has 0 radical (unpaired) electrons. The molecule has 1 amide bonds. The molecule has 10 heteroatoms. The van der Waals surface area contributed by atoms with Crippen LogP contribution in [0.3, 0.4) is 0 Å². The van der Waals surface area contributed by atoms with Crippen LogP contribution in [0.4, 0.5) is 18.9 Å². The second kappa shape index (κ2) is 7.34. The highest BCUT2D eigenvalue weighted by Gasteiger charge is 2.15. The molecule has 0 saturated heterocycles. The number of carbonyl (C=O) groups excluding carboxylic acids is 1. The van der Waals surface area contributed by atoms with Gasteiger partial charge in [0.05, 0.1) is 11.4 Å². The number of benzene rings is 2. The zero-order valence-corrected chi connectivity index (χ0v) is 13.3. The van der Waals surface area contributed by atoms with Crippen molar-refractivity contribution in [2.45, 2.75) is 5.16 Å². The first-order valence-corrected chi connectivity index (χ1v) is 7.94. The Bertz CT molecular complexity index is 918. The van der Waals surface area contributed by atoms with Gasteiger partial charge >= 0.3 is 0 Å². The molecule has 25 heavy (non-hydrogen) atoms. The Kier molecular flexibility index (Phi) is 4.98. The summed E-state index contributed by atoms with van der Waals surface area (Å²) >= 11 is 0.945. The van der Waals surface area contributed by atoms with Crippen LogP contribution in [0, 0.1) is 17.5 Å². The Hall–Kier alpha value is -2.88. The highest BCUT2D eigenvalue weighted by Crippen LogP contribution is 2.21. The van der Waals surface area contributed by atoms with Gasteiger partial charge in [-0.05, 0) is 34.7 Å². The van der Waals surface area contributed by atoms with Crippen LogP contribution in [0.2, 0.25) is 0 Å². The van der Waals surface area contributed by atoms with E-state index >= 15 is 0 Å². The number of halogens is 3. The van der Waals surface area contributed by atoms with E-state index in [1.54, 1.807) is 6.07 Å². The van der Waals surface area contributed by atoms with Gasteiger partial charge in [-0.2, -0.15) is 4.68 Å². The first-order valence-electron chi connectivity index (χ1n) is 6.95. The van der Waals surface area contributed by atoms with E-state index in [0.29, 0.717) is 6.07 Å². The minimum atomic E-state index is -0.880. The van der Waals surface area contributed by atoms with Gasteiger partial charge in [0.25, 0.3) is 0 Å². The van der Waals surface area contributed by atoms with Gasteiger partial charge in [0.2, 0.25) is 11.1 Å². The maximum absolute atomic E-state index is 13.8. The number of thioether (sulfide) groups is 1. The third kappa shape index (κ3) is 3.97. The van der Waals surface area contributed by atoms with Crippen molar-refractivity contribution >= 4 is 23.4 Å². The van der Waals surface area contributed by atoms with E-state index < -0.39 is 23.4 Å². The Morgan fingerprint density at radius 1 is 1.12 bits per heavy atom. The summed E-state index contributed by atoms with van der Waals surface area (Å²) in [5, 5.41) is 13.4. The molecule has 3 aromatic rings. The highest BCUT2D eigenvalue weighted by atomic mass is 32.2. The smallest absolute Gasteiger partial charge is 0.234 e. The van der Waals surface area contributed by atoms with E-state index in [2.05, 4.69) is 20.8 Å². The number of aromatic nitrogens is 4. The average Bonchev–Trinajstić information content (AvgIpc) is 3.04. The molecule has 0 unspecified atom stereocenters. The zero-order chi connectivity index (χ0) is 17.8. The Morgan fingerprint density at radius 2 is 1.92 bits per heavy atom. The average molecular weight is 365 g/mol. The SMILES string of the molecule is O=C(CSc1nnnn1-c1ccccc1F)Nc1ccc(F)cc1F. The van der Waals surface area contributed by atoms with E-state index in [1.807, 2.05) is 0 Å². The summed E-state index contributed by atoms with van der Waals surface area (Å²) in [6.45, 7) is 0. The number of carbonyl (C=O) groups is 1. The Morgan fingerprint density at radius 3 is 2.68 bits per heavy atom. The normalized spacial score (nSPS) is 10.7. The number of nitrogens with one attached hydrogen (secondary N) is 1. The summed E-state index contributed by atoms with van der Waals surface area (Å²) in [7, 11) is 0. The molecule has 0 atom stereocenters. The van der Waals surface area contributed by atoms with Gasteiger partial charge < -0.3 is 5.32 Å². The van der Waals surface area contributed by atoms with E-state index in [4.69, 9.17) is 0 Å². The van der Waals surface area contributed by atoms with Crippen molar-refractivity contribution in [3.8, 4) is 5.69 Å². The molecule has 0 aliphatic heterocycles. The number of para-hydroxylation sites is 1. The first kappa shape index (κ1) is 17.0. The first-order chi connectivity index (χ1) is 12.0. The molecule has 1 aromatic heterocycles. The summed E-state index contributed by atoms with van der Waals surface area (Å²) in [5.41, 5.74) is 0.000632. The summed E-state index contributed by atoms with van der Waals surface area (Å²) in [6.07, 6.45) is 0. The van der Waals surface area contributed by atoms with Crippen LogP contribution >= 0.6 is 11.8 Å². The number of hydrogen-bond acceptors (Lipinski definition) is 5. The minimum absolute atomic E-state index is 0.138. The number of nitrogens with zero attached hydrogens (tertiary/aromatic N) is 4. The summed E-state index contributed by atoms with van der Waals surface area (Å²) in [6, 6.07) is 8.72. The van der Waals surface area contributed by atoms with Gasteiger partial charge in [-0.1, -0.05) is 23.9 Å². The van der Waals surface area contributed by atoms with E-state index in [1.165, 1.54) is 18.2 Å². The molecular formula is C15H10F3N5OS. The molecular weight excluding hydrogens is 355 g/mol. The van der Waals surface area contributed by atoms with Gasteiger partial charge in [0, 0.05) is 6.07 Å². The predicted molar refractivity (Wildman–Crippen MR) is 84.8 cm³/mol. The van der Waals surface area contributed by atoms with Crippen LogP contribution in [-0.4, -0.2) is 31.9 Å². The molecule has 1 heterocycles. The lowest BCUT2D eigenvalue weighted by molar-refractivity contribution is -0.113. The molecule has 0 spiro atoms. The summed E-state index contributed by atoms with van der Waals surface area (Å²) in [4.78, 5) is 11.9. The van der Waals surface area contributed by atoms with Gasteiger partial charge in [0.15, 0.2) is 0 Å². The largest absolute Gasteiger partial charge is 0.323 e. The molecule has 3 rings (SSSR count). The number of rotatable bonds is 5. The summed E-state index contributed by atoms with van der Waals surface area (Å²) in [5.74, 6) is -2.83. The van der Waals surface area contributed by atoms with Crippen molar-refractivity contribution in [1.29, 1.82) is 0 Å². The lowest BCUT2D eigenvalue weighted by Crippen LogP contribution is -2.15. The van der Waals surface area contributed by atoms with Gasteiger partial charge in [-0.3, -0.25) is 4.79 Å². The molecule has 2 aromatic carbocycles. The highest BCUT2D eigenvalue weighted by molar-refractivity contribution is 7.99. The molecule has 128 valence electrons. The third-order valence-electron chi connectivity index (χ3n) is 3.06. The van der Waals surface area contributed by atoms with Crippen molar-refractivity contribution in [3.63, 3.8) is 0 Å². The van der Waals surface area contributed by atoms with Crippen molar-refractivity contribution in [1.82, 2.24) is 20.2 Å². The number of amides is 1. The fourth-order valence-corrected chi connectivity index (χ4v) is 2.63. The van der Waals surface area contributed by atoms with E-state index in [9.17, 15) is 18.0 Å². The molecule has 0 saturated carbocycles. The quantitative estimate of drug-likeness (QED) is 0.704. The van der Waals surface area contributed by atoms with Crippen LogP contribution in [0.15, 0.2) is 47.6 Å². The maximum atomic E-state index is 13.8. The lowest BCUT2D eigenvalue weighted by Gasteiger charge is -2.07. The standard InChI is InChI=1S/C15H10F3N5OS/c16-9-5-6-12(11(18)7-9)19-14(24)8-25-15-20-21-22-23(15)13-4-2-1-3-10(13)17/h1-7H,8H2,(H,19,24). The van der Waals surface area contributed by atoms with Crippen LogP contribution in [0.25, 0.3) is 5.69 Å². The lowest BCUT2D eigenvalue weighted by atomic mass is 10.3. The van der Waals surface area contributed by atoms with E-state index in [-0.39, 0.29) is 22.3 Å². The van der Waals surface area contributed by atoms with Crippen LogP contribution < -0.4 is 5.32 Å². The van der Waals surface area contributed by atoms with Crippen LogP contribution in [0.1, 0.15) is 0 Å². The molecule has 0 fully saturated rings. The van der Waals surface area contributed by atoms with Gasteiger partial charge in [0.1, 0.15) is 23.1 Å². The van der Waals surface area contributed by atoms with Crippen molar-refractivity contribution < 1.29 is 18.0 Å². The molecule has 0 aliphatic carbocycles. The van der Waals surface area contributed by atoms with Crippen molar-refractivity contribution in [3.05, 3.63) is 59.9 Å². The molecule has 1 N–H and O–H groups in total. The fraction of sp³-hybridized carbons (Fsp3) is 0.0667. The van der Waals surface area contributed by atoms with Crippen LogP contribution in [0.5, 0.6) is 0 Å².